The number of ether oxygens (including phenoxy) is 2. The Morgan fingerprint density at radius 2 is 1.87 bits per heavy atom. The van der Waals surface area contributed by atoms with Gasteiger partial charge in [0.25, 0.3) is 0 Å². The first-order valence-electron chi connectivity index (χ1n) is 6.16. The predicted octanol–water partition coefficient (Wildman–Crippen LogP) is 1.96. The molecule has 1 aliphatic carbocycles. The molecule has 0 heterocycles. The SMILES string of the molecule is CNC1CCCCC1OCCCCOC. The van der Waals surface area contributed by atoms with Crippen LogP contribution in [0.1, 0.15) is 38.5 Å². The fourth-order valence-corrected chi connectivity index (χ4v) is 2.21. The number of methoxy groups -OCH3 is 1. The molecular formula is C12H25NO2. The Labute approximate surface area is 93.5 Å². The third kappa shape index (κ3) is 4.96. The van der Waals surface area contributed by atoms with Crippen LogP contribution in [0.15, 0.2) is 0 Å². The van der Waals surface area contributed by atoms with Crippen LogP contribution < -0.4 is 5.32 Å². The van der Waals surface area contributed by atoms with E-state index in [2.05, 4.69) is 5.32 Å². The van der Waals surface area contributed by atoms with Crippen molar-refractivity contribution in [1.29, 1.82) is 0 Å². The topological polar surface area (TPSA) is 30.5 Å². The molecule has 1 N–H and O–H groups in total. The lowest BCUT2D eigenvalue weighted by Crippen LogP contribution is -2.41. The van der Waals surface area contributed by atoms with Crippen LogP contribution in [0.25, 0.3) is 0 Å². The van der Waals surface area contributed by atoms with E-state index >= 15 is 0 Å². The van der Waals surface area contributed by atoms with Gasteiger partial charge in [0.2, 0.25) is 0 Å². The fraction of sp³-hybridized carbons (Fsp3) is 1.00. The molecule has 2 atom stereocenters. The van der Waals surface area contributed by atoms with Crippen LogP contribution in [0.2, 0.25) is 0 Å². The first-order chi connectivity index (χ1) is 7.38. The monoisotopic (exact) mass is 215 g/mol. The lowest BCUT2D eigenvalue weighted by molar-refractivity contribution is 0.00367. The van der Waals surface area contributed by atoms with Crippen molar-refractivity contribution in [2.45, 2.75) is 50.7 Å². The Bertz CT molecular complexity index is 153. The molecule has 0 bridgehead atoms. The van der Waals surface area contributed by atoms with Crippen molar-refractivity contribution in [2.75, 3.05) is 27.4 Å². The normalized spacial score (nSPS) is 26.8. The zero-order chi connectivity index (χ0) is 10.9. The molecule has 0 aromatic carbocycles. The van der Waals surface area contributed by atoms with Crippen molar-refractivity contribution < 1.29 is 9.47 Å². The first-order valence-corrected chi connectivity index (χ1v) is 6.16. The van der Waals surface area contributed by atoms with Gasteiger partial charge < -0.3 is 14.8 Å². The lowest BCUT2D eigenvalue weighted by Gasteiger charge is -2.31. The highest BCUT2D eigenvalue weighted by molar-refractivity contribution is 4.80. The highest BCUT2D eigenvalue weighted by atomic mass is 16.5. The van der Waals surface area contributed by atoms with Crippen molar-refractivity contribution in [3.8, 4) is 0 Å². The minimum Gasteiger partial charge on any atom is -0.385 e. The van der Waals surface area contributed by atoms with Crippen molar-refractivity contribution in [2.24, 2.45) is 0 Å². The number of rotatable bonds is 7. The second kappa shape index (κ2) is 8.08. The average Bonchev–Trinajstić information content (AvgIpc) is 2.29. The molecule has 1 rings (SSSR count). The van der Waals surface area contributed by atoms with Gasteiger partial charge in [0.05, 0.1) is 6.10 Å². The molecule has 0 saturated heterocycles. The van der Waals surface area contributed by atoms with Gasteiger partial charge in [0, 0.05) is 26.4 Å². The summed E-state index contributed by atoms with van der Waals surface area (Å²) in [7, 11) is 3.79. The molecule has 1 fully saturated rings. The van der Waals surface area contributed by atoms with E-state index in [-0.39, 0.29) is 0 Å². The quantitative estimate of drug-likeness (QED) is 0.659. The van der Waals surface area contributed by atoms with Crippen molar-refractivity contribution in [3.63, 3.8) is 0 Å². The Morgan fingerprint density at radius 3 is 2.60 bits per heavy atom. The smallest absolute Gasteiger partial charge is 0.0727 e. The Balaban J connectivity index is 2.07. The van der Waals surface area contributed by atoms with Crippen LogP contribution in [0.5, 0.6) is 0 Å². The zero-order valence-corrected chi connectivity index (χ0v) is 10.1. The molecule has 2 unspecified atom stereocenters. The van der Waals surface area contributed by atoms with E-state index in [1.165, 1.54) is 25.7 Å². The molecule has 0 spiro atoms. The van der Waals surface area contributed by atoms with Crippen molar-refractivity contribution in [1.82, 2.24) is 5.32 Å². The lowest BCUT2D eigenvalue weighted by atomic mass is 9.92. The summed E-state index contributed by atoms with van der Waals surface area (Å²) in [6.07, 6.45) is 7.80. The molecular weight excluding hydrogens is 190 g/mol. The summed E-state index contributed by atoms with van der Waals surface area (Å²) in [4.78, 5) is 0. The van der Waals surface area contributed by atoms with Gasteiger partial charge in [-0.25, -0.2) is 0 Å². The van der Waals surface area contributed by atoms with Crippen LogP contribution in [-0.4, -0.2) is 39.5 Å². The number of nitrogens with one attached hydrogen (secondary N) is 1. The molecule has 1 saturated carbocycles. The zero-order valence-electron chi connectivity index (χ0n) is 10.1. The number of likely N-dealkylation sites (N-methyl/N-ethyl adjacent to an activating group) is 1. The van der Waals surface area contributed by atoms with Crippen molar-refractivity contribution >= 4 is 0 Å². The van der Waals surface area contributed by atoms with E-state index < -0.39 is 0 Å². The number of hydrogen-bond acceptors (Lipinski definition) is 3. The van der Waals surface area contributed by atoms with Crippen LogP contribution in [0.4, 0.5) is 0 Å². The summed E-state index contributed by atoms with van der Waals surface area (Å²) in [5.74, 6) is 0. The van der Waals surface area contributed by atoms with E-state index in [0.717, 1.165) is 26.1 Å². The summed E-state index contributed by atoms with van der Waals surface area (Å²) >= 11 is 0. The summed E-state index contributed by atoms with van der Waals surface area (Å²) < 4.78 is 10.9. The van der Waals surface area contributed by atoms with Gasteiger partial charge in [-0.15, -0.1) is 0 Å². The van der Waals surface area contributed by atoms with Gasteiger partial charge in [-0.05, 0) is 32.7 Å². The predicted molar refractivity (Wildman–Crippen MR) is 62.2 cm³/mol. The number of unbranched alkanes of at least 4 members (excludes halogenated alkanes) is 1. The minimum atomic E-state index is 0.436. The van der Waals surface area contributed by atoms with Crippen LogP contribution in [-0.2, 0) is 9.47 Å². The summed E-state index contributed by atoms with van der Waals surface area (Å²) in [5.41, 5.74) is 0. The van der Waals surface area contributed by atoms with Crippen molar-refractivity contribution in [3.05, 3.63) is 0 Å². The van der Waals surface area contributed by atoms with Crippen LogP contribution in [0.3, 0.4) is 0 Å². The highest BCUT2D eigenvalue weighted by Gasteiger charge is 2.23. The molecule has 0 amide bonds. The van der Waals surface area contributed by atoms with Gasteiger partial charge in [0.1, 0.15) is 0 Å². The van der Waals surface area contributed by atoms with E-state index in [4.69, 9.17) is 9.47 Å². The average molecular weight is 215 g/mol. The van der Waals surface area contributed by atoms with Crippen LogP contribution in [0, 0.1) is 0 Å². The minimum absolute atomic E-state index is 0.436. The highest BCUT2D eigenvalue weighted by Crippen LogP contribution is 2.21. The fourth-order valence-electron chi connectivity index (χ4n) is 2.21. The molecule has 90 valence electrons. The van der Waals surface area contributed by atoms with E-state index in [0.29, 0.717) is 12.1 Å². The van der Waals surface area contributed by atoms with E-state index in [1.807, 2.05) is 7.05 Å². The Kier molecular flexibility index (Phi) is 6.98. The maximum Gasteiger partial charge on any atom is 0.0727 e. The summed E-state index contributed by atoms with van der Waals surface area (Å²) in [6.45, 7) is 1.73. The first kappa shape index (κ1) is 12.9. The third-order valence-electron chi connectivity index (χ3n) is 3.15. The van der Waals surface area contributed by atoms with E-state index in [9.17, 15) is 0 Å². The standard InChI is InChI=1S/C12H25NO2/c1-13-11-7-3-4-8-12(11)15-10-6-5-9-14-2/h11-13H,3-10H2,1-2H3. The second-order valence-electron chi connectivity index (χ2n) is 4.29. The largest absolute Gasteiger partial charge is 0.385 e. The maximum atomic E-state index is 5.91. The molecule has 0 aromatic rings. The molecule has 15 heavy (non-hydrogen) atoms. The number of hydrogen-bond donors (Lipinski definition) is 1. The third-order valence-corrected chi connectivity index (χ3v) is 3.15. The Morgan fingerprint density at radius 1 is 1.13 bits per heavy atom. The molecule has 0 aliphatic heterocycles. The van der Waals surface area contributed by atoms with Gasteiger partial charge >= 0.3 is 0 Å². The molecule has 1 aliphatic rings. The van der Waals surface area contributed by atoms with E-state index in [1.54, 1.807) is 7.11 Å². The van der Waals surface area contributed by atoms with Gasteiger partial charge in [-0.2, -0.15) is 0 Å². The van der Waals surface area contributed by atoms with Gasteiger partial charge in [-0.3, -0.25) is 0 Å². The van der Waals surface area contributed by atoms with Gasteiger partial charge in [-0.1, -0.05) is 12.8 Å². The molecule has 0 radical (unpaired) electrons. The van der Waals surface area contributed by atoms with Crippen LogP contribution >= 0.6 is 0 Å². The Hall–Kier alpha value is -0.120. The summed E-state index contributed by atoms with van der Waals surface area (Å²) in [5, 5.41) is 3.36. The molecule has 0 aromatic heterocycles. The molecule has 3 nitrogen and oxygen atoms in total. The maximum absolute atomic E-state index is 5.91. The second-order valence-corrected chi connectivity index (χ2v) is 4.29. The summed E-state index contributed by atoms with van der Waals surface area (Å²) in [6, 6.07) is 0.571. The van der Waals surface area contributed by atoms with Gasteiger partial charge in [0.15, 0.2) is 0 Å². The molecule has 3 heteroatoms.